The van der Waals surface area contributed by atoms with Gasteiger partial charge in [-0.05, 0) is 23.8 Å². The topological polar surface area (TPSA) is 57.6 Å². The van der Waals surface area contributed by atoms with E-state index in [0.717, 1.165) is 4.90 Å². The molecule has 3 aromatic rings. The monoisotopic (exact) mass is 499 g/mol. The van der Waals surface area contributed by atoms with E-state index in [1.807, 2.05) is 0 Å². The number of imide groups is 1. The lowest BCUT2D eigenvalue weighted by molar-refractivity contribution is 0.0925. The van der Waals surface area contributed by atoms with E-state index in [-0.39, 0.29) is 42.5 Å². The van der Waals surface area contributed by atoms with Gasteiger partial charge in [0.05, 0.1) is 36.9 Å². The van der Waals surface area contributed by atoms with Crippen LogP contribution >= 0.6 is 58.0 Å². The number of nitrogens with zero attached hydrogens (tertiary/aromatic N) is 1. The number of rotatable bonds is 3. The summed E-state index contributed by atoms with van der Waals surface area (Å²) in [6, 6.07) is 13.2. The Hall–Kier alpha value is -1.79. The smallest absolute Gasteiger partial charge is 0.267 e. The lowest BCUT2D eigenvalue weighted by Crippen LogP contribution is -2.31. The first kappa shape index (κ1) is 21.4. The molecule has 0 aromatic heterocycles. The molecule has 152 valence electrons. The third-order valence-electron chi connectivity index (χ3n) is 4.74. The van der Waals surface area contributed by atoms with Crippen LogP contribution in [0.3, 0.4) is 0 Å². The molecule has 0 spiro atoms. The Morgan fingerprint density at radius 3 is 1.80 bits per heavy atom. The number of benzene rings is 3. The van der Waals surface area contributed by atoms with Crippen LogP contribution < -0.4 is 4.90 Å². The lowest BCUT2D eigenvalue weighted by atomic mass is 9.99. The molecular weight excluding hydrogens is 492 g/mol. The van der Waals surface area contributed by atoms with Gasteiger partial charge in [-0.25, -0.2) is 4.90 Å². The number of aliphatic hydroxyl groups excluding tert-OH is 1. The van der Waals surface area contributed by atoms with E-state index < -0.39 is 17.9 Å². The second-order valence-corrected chi connectivity index (χ2v) is 8.42. The summed E-state index contributed by atoms with van der Waals surface area (Å²) < 4.78 is 0. The van der Waals surface area contributed by atoms with Crippen LogP contribution in [0.25, 0.3) is 0 Å². The van der Waals surface area contributed by atoms with Gasteiger partial charge in [0.15, 0.2) is 0 Å². The molecule has 0 saturated heterocycles. The maximum Gasteiger partial charge on any atom is 0.267 e. The zero-order valence-electron chi connectivity index (χ0n) is 14.8. The molecule has 4 rings (SSSR count). The summed E-state index contributed by atoms with van der Waals surface area (Å²) in [4.78, 5) is 27.3. The molecule has 30 heavy (non-hydrogen) atoms. The fraction of sp³-hybridized carbons (Fsp3) is 0.0476. The Bertz CT molecular complexity index is 1170. The van der Waals surface area contributed by atoms with Gasteiger partial charge in [-0.15, -0.1) is 0 Å². The van der Waals surface area contributed by atoms with Crippen LogP contribution in [0, 0.1) is 0 Å². The molecule has 0 bridgehead atoms. The van der Waals surface area contributed by atoms with Crippen LogP contribution in [0.15, 0.2) is 48.5 Å². The molecule has 1 aliphatic heterocycles. The maximum absolute atomic E-state index is 13.2. The third kappa shape index (κ3) is 3.28. The number of halogens is 5. The summed E-state index contributed by atoms with van der Waals surface area (Å²) in [6.45, 7) is 0. The molecule has 9 heteroatoms. The summed E-state index contributed by atoms with van der Waals surface area (Å²) in [5.41, 5.74) is 0.668. The van der Waals surface area contributed by atoms with Gasteiger partial charge in [0.25, 0.3) is 11.8 Å². The fourth-order valence-corrected chi connectivity index (χ4v) is 4.53. The molecule has 1 heterocycles. The van der Waals surface area contributed by atoms with Crippen molar-refractivity contribution >= 4 is 75.5 Å². The molecule has 0 radical (unpaired) electrons. The average Bonchev–Trinajstić information content (AvgIpc) is 3.01. The Labute approximate surface area is 196 Å². The van der Waals surface area contributed by atoms with Crippen LogP contribution in [0.1, 0.15) is 37.9 Å². The summed E-state index contributed by atoms with van der Waals surface area (Å²) in [5, 5.41) is 10.7. The molecule has 0 aliphatic carbocycles. The minimum Gasteiger partial charge on any atom is -0.384 e. The number of aliphatic hydroxyl groups is 1. The van der Waals surface area contributed by atoms with Gasteiger partial charge in [0.2, 0.25) is 0 Å². The second kappa shape index (κ2) is 8.04. The minimum atomic E-state index is -1.15. The van der Waals surface area contributed by atoms with E-state index in [2.05, 4.69) is 0 Å². The largest absolute Gasteiger partial charge is 0.384 e. The van der Waals surface area contributed by atoms with E-state index in [1.165, 1.54) is 18.2 Å². The first-order valence-corrected chi connectivity index (χ1v) is 10.4. The predicted molar refractivity (Wildman–Crippen MR) is 120 cm³/mol. The summed E-state index contributed by atoms with van der Waals surface area (Å²) >= 11 is 30.7. The molecule has 1 N–H and O–H groups in total. The van der Waals surface area contributed by atoms with Crippen LogP contribution in [0.4, 0.5) is 5.69 Å². The molecule has 0 fully saturated rings. The quantitative estimate of drug-likeness (QED) is 0.243. The predicted octanol–water partition coefficient (Wildman–Crippen LogP) is 6.84. The summed E-state index contributed by atoms with van der Waals surface area (Å²) in [7, 11) is 0. The van der Waals surface area contributed by atoms with Crippen LogP contribution in [-0.4, -0.2) is 16.9 Å². The second-order valence-electron chi connectivity index (χ2n) is 6.47. The van der Waals surface area contributed by atoms with E-state index in [9.17, 15) is 14.7 Å². The Kier molecular flexibility index (Phi) is 5.75. The number of amides is 2. The highest BCUT2D eigenvalue weighted by atomic mass is 35.5. The van der Waals surface area contributed by atoms with Gasteiger partial charge in [0.1, 0.15) is 6.10 Å². The summed E-state index contributed by atoms with van der Waals surface area (Å²) in [5.74, 6) is -1.46. The maximum atomic E-state index is 13.2. The van der Waals surface area contributed by atoms with Crippen molar-refractivity contribution in [1.29, 1.82) is 0 Å². The van der Waals surface area contributed by atoms with Crippen molar-refractivity contribution in [1.82, 2.24) is 0 Å². The molecule has 2 amide bonds. The minimum absolute atomic E-state index is 0.120. The highest BCUT2D eigenvalue weighted by Crippen LogP contribution is 2.46. The van der Waals surface area contributed by atoms with Gasteiger partial charge >= 0.3 is 0 Å². The fourth-order valence-electron chi connectivity index (χ4n) is 3.33. The highest BCUT2D eigenvalue weighted by molar-refractivity contribution is 6.56. The van der Waals surface area contributed by atoms with Gasteiger partial charge in [0, 0.05) is 10.6 Å². The van der Waals surface area contributed by atoms with Gasteiger partial charge in [-0.2, -0.15) is 0 Å². The van der Waals surface area contributed by atoms with Crippen LogP contribution in [0.5, 0.6) is 0 Å². The Morgan fingerprint density at radius 1 is 0.733 bits per heavy atom. The van der Waals surface area contributed by atoms with Gasteiger partial charge < -0.3 is 5.11 Å². The van der Waals surface area contributed by atoms with Crippen LogP contribution in [-0.2, 0) is 0 Å². The van der Waals surface area contributed by atoms with Crippen molar-refractivity contribution < 1.29 is 14.7 Å². The number of hydrogen-bond donors (Lipinski definition) is 1. The number of fused-ring (bicyclic) bond motifs is 1. The molecule has 3 aromatic carbocycles. The number of carbonyl (C=O) groups is 2. The first-order valence-electron chi connectivity index (χ1n) is 8.51. The Balaban J connectivity index is 1.90. The Morgan fingerprint density at radius 2 is 1.27 bits per heavy atom. The summed E-state index contributed by atoms with van der Waals surface area (Å²) in [6.07, 6.45) is -1.15. The number of carbonyl (C=O) groups excluding carboxylic acids is 2. The van der Waals surface area contributed by atoms with E-state index in [1.54, 1.807) is 30.3 Å². The van der Waals surface area contributed by atoms with Crippen molar-refractivity contribution in [3.63, 3.8) is 0 Å². The lowest BCUT2D eigenvalue weighted by Gasteiger charge is -2.22. The molecular formula is C21H10Cl5NO3. The first-order chi connectivity index (χ1) is 14.2. The third-order valence-corrected chi connectivity index (χ3v) is 6.78. The molecule has 0 unspecified atom stereocenters. The number of anilines is 1. The van der Waals surface area contributed by atoms with E-state index >= 15 is 0 Å². The SMILES string of the molecule is O=C1c2c(Cl)c(Cl)c(Cl)c(Cl)c2C(=O)N1c1ccc(Cl)cc1[C@H](O)c1ccccc1. The molecule has 4 nitrogen and oxygen atoms in total. The van der Waals surface area contributed by atoms with Crippen LogP contribution in [0.2, 0.25) is 25.1 Å². The van der Waals surface area contributed by atoms with E-state index in [4.69, 9.17) is 58.0 Å². The number of hydrogen-bond acceptors (Lipinski definition) is 3. The van der Waals surface area contributed by atoms with Crippen molar-refractivity contribution in [2.75, 3.05) is 4.90 Å². The van der Waals surface area contributed by atoms with Gasteiger partial charge in [-0.3, -0.25) is 9.59 Å². The van der Waals surface area contributed by atoms with Crippen molar-refractivity contribution in [3.05, 3.63) is 95.9 Å². The average molecular weight is 502 g/mol. The standard InChI is InChI=1S/C21H10Cl5NO3/c22-10-6-7-12(11(8-10)19(28)9-4-2-1-3-5-9)27-20(29)13-14(21(27)30)16(24)18(26)17(25)15(13)23/h1-8,19,28H/t19-/m1/s1. The zero-order chi connectivity index (χ0) is 21.7. The van der Waals surface area contributed by atoms with Gasteiger partial charge in [-0.1, -0.05) is 88.3 Å². The van der Waals surface area contributed by atoms with Crippen molar-refractivity contribution in [2.45, 2.75) is 6.10 Å². The molecule has 0 saturated carbocycles. The normalized spacial score (nSPS) is 14.3. The molecule has 1 aliphatic rings. The highest BCUT2D eigenvalue weighted by Gasteiger charge is 2.43. The zero-order valence-corrected chi connectivity index (χ0v) is 18.6. The molecule has 1 atom stereocenters. The van der Waals surface area contributed by atoms with Crippen molar-refractivity contribution in [3.8, 4) is 0 Å². The van der Waals surface area contributed by atoms with E-state index in [0.29, 0.717) is 10.6 Å². The van der Waals surface area contributed by atoms with Crippen molar-refractivity contribution in [2.24, 2.45) is 0 Å².